The van der Waals surface area contributed by atoms with Crippen LogP contribution in [0.4, 0.5) is 0 Å². The molecule has 0 aliphatic carbocycles. The van der Waals surface area contributed by atoms with Gasteiger partial charge in [0.05, 0.1) is 4.90 Å². The predicted octanol–water partition coefficient (Wildman–Crippen LogP) is 0.630. The third kappa shape index (κ3) is 3.89. The first kappa shape index (κ1) is 13.1. The summed E-state index contributed by atoms with van der Waals surface area (Å²) in [5.41, 5.74) is 0.559. The summed E-state index contributed by atoms with van der Waals surface area (Å²) in [6, 6.07) is 3.60. The van der Waals surface area contributed by atoms with Gasteiger partial charge in [-0.05, 0) is 30.2 Å². The molecule has 1 aromatic rings. The molecule has 1 rings (SSSR count). The van der Waals surface area contributed by atoms with Gasteiger partial charge in [-0.15, -0.1) is 0 Å². The van der Waals surface area contributed by atoms with E-state index in [0.717, 1.165) is 6.07 Å². The normalized spacial score (nSPS) is 12.7. The quantitative estimate of drug-likeness (QED) is 0.777. The molecule has 0 heterocycles. The minimum Gasteiger partial charge on any atom is -0.285 e. The lowest BCUT2D eigenvalue weighted by Crippen LogP contribution is -2.04. The third-order valence-corrected chi connectivity index (χ3v) is 3.29. The Morgan fingerprint density at radius 3 is 2.06 bits per heavy atom. The van der Waals surface area contributed by atoms with Crippen LogP contribution in [0.1, 0.15) is 11.1 Å². The first-order chi connectivity index (χ1) is 7.08. The van der Waals surface area contributed by atoms with Gasteiger partial charge in [-0.25, -0.2) is 0 Å². The molecule has 0 radical (unpaired) electrons. The van der Waals surface area contributed by atoms with E-state index in [-0.39, 0.29) is 5.56 Å². The molecule has 0 aromatic heterocycles. The Bertz CT molecular complexity index is 599. The van der Waals surface area contributed by atoms with Crippen molar-refractivity contribution in [3.63, 3.8) is 0 Å². The Morgan fingerprint density at radius 2 is 1.62 bits per heavy atom. The molecule has 0 atom stereocenters. The molecule has 0 spiro atoms. The van der Waals surface area contributed by atoms with Crippen molar-refractivity contribution in [2.75, 3.05) is 0 Å². The lowest BCUT2D eigenvalue weighted by molar-refractivity contribution is 0.478. The highest BCUT2D eigenvalue weighted by molar-refractivity contribution is 7.86. The summed E-state index contributed by atoms with van der Waals surface area (Å²) in [5, 5.41) is 0. The second kappa shape index (κ2) is 4.13. The number of hydrogen-bond donors (Lipinski definition) is 2. The Kier molecular flexibility index (Phi) is 3.38. The maximum absolute atomic E-state index is 10.8. The van der Waals surface area contributed by atoms with Crippen molar-refractivity contribution in [2.45, 2.75) is 17.6 Å². The van der Waals surface area contributed by atoms with Crippen LogP contribution in [0, 0.1) is 6.92 Å². The zero-order valence-corrected chi connectivity index (χ0v) is 9.92. The molecule has 6 nitrogen and oxygen atoms in total. The van der Waals surface area contributed by atoms with Crippen LogP contribution in [-0.2, 0) is 26.0 Å². The Hall–Kier alpha value is -0.960. The summed E-state index contributed by atoms with van der Waals surface area (Å²) in [5.74, 6) is -0.697. The van der Waals surface area contributed by atoms with E-state index in [9.17, 15) is 16.8 Å². The first-order valence-electron chi connectivity index (χ1n) is 4.11. The van der Waals surface area contributed by atoms with Gasteiger partial charge in [-0.2, -0.15) is 16.8 Å². The molecular weight excluding hydrogens is 256 g/mol. The molecule has 16 heavy (non-hydrogen) atoms. The van der Waals surface area contributed by atoms with Crippen LogP contribution < -0.4 is 0 Å². The Morgan fingerprint density at radius 1 is 1.06 bits per heavy atom. The summed E-state index contributed by atoms with van der Waals surface area (Å²) >= 11 is 0. The highest BCUT2D eigenvalue weighted by Crippen LogP contribution is 2.16. The molecule has 0 fully saturated rings. The minimum absolute atomic E-state index is 0.0927. The van der Waals surface area contributed by atoms with E-state index in [1.165, 1.54) is 12.1 Å². The second-order valence-corrected chi connectivity index (χ2v) is 6.23. The van der Waals surface area contributed by atoms with Gasteiger partial charge in [0.15, 0.2) is 0 Å². The molecule has 0 aliphatic heterocycles. The van der Waals surface area contributed by atoms with Gasteiger partial charge in [0.2, 0.25) is 0 Å². The molecule has 0 aliphatic rings. The van der Waals surface area contributed by atoms with Crippen molar-refractivity contribution in [2.24, 2.45) is 0 Å². The lowest BCUT2D eigenvalue weighted by atomic mass is 10.2. The van der Waals surface area contributed by atoms with Gasteiger partial charge in [-0.3, -0.25) is 9.11 Å². The average Bonchev–Trinajstić information content (AvgIpc) is 1.97. The molecule has 0 saturated carbocycles. The molecule has 90 valence electrons. The highest BCUT2D eigenvalue weighted by atomic mass is 32.2. The van der Waals surface area contributed by atoms with E-state index >= 15 is 0 Å². The van der Waals surface area contributed by atoms with Crippen LogP contribution in [0.25, 0.3) is 0 Å². The Labute approximate surface area is 93.4 Å². The van der Waals surface area contributed by atoms with Crippen LogP contribution in [0.5, 0.6) is 0 Å². The topological polar surface area (TPSA) is 109 Å². The molecule has 2 N–H and O–H groups in total. The zero-order chi connectivity index (χ0) is 12.6. The predicted molar refractivity (Wildman–Crippen MR) is 56.2 cm³/mol. The van der Waals surface area contributed by atoms with E-state index in [1.54, 1.807) is 6.92 Å². The van der Waals surface area contributed by atoms with Gasteiger partial charge >= 0.3 is 0 Å². The zero-order valence-electron chi connectivity index (χ0n) is 8.28. The fourth-order valence-corrected chi connectivity index (χ4v) is 2.49. The molecule has 0 amide bonds. The van der Waals surface area contributed by atoms with Crippen LogP contribution in [0.15, 0.2) is 23.1 Å². The smallest absolute Gasteiger partial charge is 0.285 e. The fourth-order valence-electron chi connectivity index (χ4n) is 1.27. The summed E-state index contributed by atoms with van der Waals surface area (Å²) in [6.07, 6.45) is 0. The molecule has 8 heteroatoms. The van der Waals surface area contributed by atoms with Crippen LogP contribution in [-0.4, -0.2) is 25.9 Å². The molecule has 0 bridgehead atoms. The van der Waals surface area contributed by atoms with E-state index in [0.29, 0.717) is 5.56 Å². The van der Waals surface area contributed by atoms with Crippen molar-refractivity contribution in [1.82, 2.24) is 0 Å². The SMILES string of the molecule is Cc1cc(CS(=O)(=O)O)cc(S(=O)(=O)O)c1. The van der Waals surface area contributed by atoms with Crippen molar-refractivity contribution in [3.8, 4) is 0 Å². The van der Waals surface area contributed by atoms with Crippen LogP contribution in [0.2, 0.25) is 0 Å². The summed E-state index contributed by atoms with van der Waals surface area (Å²) < 4.78 is 60.3. The van der Waals surface area contributed by atoms with Crippen molar-refractivity contribution >= 4 is 20.2 Å². The van der Waals surface area contributed by atoms with E-state index in [2.05, 4.69) is 0 Å². The Balaban J connectivity index is 3.30. The van der Waals surface area contributed by atoms with E-state index in [1.807, 2.05) is 0 Å². The van der Waals surface area contributed by atoms with Gasteiger partial charge in [0.1, 0.15) is 5.75 Å². The van der Waals surface area contributed by atoms with Gasteiger partial charge in [-0.1, -0.05) is 6.07 Å². The highest BCUT2D eigenvalue weighted by Gasteiger charge is 2.14. The maximum atomic E-state index is 10.8. The largest absolute Gasteiger partial charge is 0.294 e. The van der Waals surface area contributed by atoms with Crippen molar-refractivity contribution in [3.05, 3.63) is 29.3 Å². The first-order valence-corrected chi connectivity index (χ1v) is 7.16. The van der Waals surface area contributed by atoms with E-state index < -0.39 is 30.9 Å². The molecular formula is C8H10O6S2. The average molecular weight is 266 g/mol. The van der Waals surface area contributed by atoms with Crippen LogP contribution >= 0.6 is 0 Å². The summed E-state index contributed by atoms with van der Waals surface area (Å²) in [6.45, 7) is 1.54. The lowest BCUT2D eigenvalue weighted by Gasteiger charge is -2.04. The maximum Gasteiger partial charge on any atom is 0.294 e. The number of rotatable bonds is 3. The number of hydrogen-bond acceptors (Lipinski definition) is 4. The number of aryl methyl sites for hydroxylation is 1. The minimum atomic E-state index is -4.38. The van der Waals surface area contributed by atoms with Crippen molar-refractivity contribution < 1.29 is 25.9 Å². The van der Waals surface area contributed by atoms with Gasteiger partial charge in [0, 0.05) is 0 Å². The van der Waals surface area contributed by atoms with Crippen LogP contribution in [0.3, 0.4) is 0 Å². The second-order valence-electron chi connectivity index (χ2n) is 3.36. The van der Waals surface area contributed by atoms with Gasteiger partial charge < -0.3 is 0 Å². The third-order valence-electron chi connectivity index (χ3n) is 1.76. The van der Waals surface area contributed by atoms with E-state index in [4.69, 9.17) is 9.11 Å². The summed E-state index contributed by atoms with van der Waals surface area (Å²) in [4.78, 5) is -0.397. The standard InChI is InChI=1S/C8H10O6S2/c1-6-2-7(5-15(9,10)11)4-8(3-6)16(12,13)14/h2-4H,5H2,1H3,(H,9,10,11)(H,12,13,14). The molecule has 0 unspecified atom stereocenters. The van der Waals surface area contributed by atoms with Gasteiger partial charge in [0.25, 0.3) is 20.2 Å². The molecule has 0 saturated heterocycles. The fraction of sp³-hybridized carbons (Fsp3) is 0.250. The number of benzene rings is 1. The monoisotopic (exact) mass is 266 g/mol. The summed E-state index contributed by atoms with van der Waals surface area (Å²) in [7, 11) is -8.61. The molecule has 1 aromatic carbocycles. The van der Waals surface area contributed by atoms with Crippen molar-refractivity contribution in [1.29, 1.82) is 0 Å².